The molecule has 0 saturated heterocycles. The van der Waals surface area contributed by atoms with E-state index in [0.717, 1.165) is 0 Å². The number of benzene rings is 1. The van der Waals surface area contributed by atoms with Crippen LogP contribution in [0.3, 0.4) is 0 Å². The maximum absolute atomic E-state index is 11.9. The predicted octanol–water partition coefficient (Wildman–Crippen LogP) is 3.50. The van der Waals surface area contributed by atoms with Crippen molar-refractivity contribution < 1.29 is 4.79 Å². The number of halogens is 3. The van der Waals surface area contributed by atoms with Crippen molar-refractivity contribution in [1.82, 2.24) is 15.4 Å². The van der Waals surface area contributed by atoms with E-state index in [1.807, 2.05) is 0 Å². The van der Waals surface area contributed by atoms with E-state index in [1.165, 1.54) is 6.07 Å². The van der Waals surface area contributed by atoms with Crippen molar-refractivity contribution in [3.05, 3.63) is 50.9 Å². The first kappa shape index (κ1) is 14.8. The fourth-order valence-corrected chi connectivity index (χ4v) is 1.95. The number of nitrogens with zero attached hydrogens (tertiary/aromatic N) is 2. The summed E-state index contributed by atoms with van der Waals surface area (Å²) in [6.45, 7) is 1.76. The van der Waals surface area contributed by atoms with Gasteiger partial charge in [-0.3, -0.25) is 15.6 Å². The Labute approximate surface area is 130 Å². The molecule has 0 bridgehead atoms. The van der Waals surface area contributed by atoms with Gasteiger partial charge in [0.1, 0.15) is 5.82 Å². The molecule has 104 valence electrons. The first-order chi connectivity index (χ1) is 9.45. The van der Waals surface area contributed by atoms with Crippen LogP contribution < -0.4 is 10.9 Å². The van der Waals surface area contributed by atoms with Crippen LogP contribution in [0, 0.1) is 6.92 Å². The quantitative estimate of drug-likeness (QED) is 0.667. The number of hydrogen-bond acceptors (Lipinski definition) is 4. The van der Waals surface area contributed by atoms with Gasteiger partial charge in [0.2, 0.25) is 5.28 Å². The van der Waals surface area contributed by atoms with E-state index in [4.69, 9.17) is 34.8 Å². The second-order valence-electron chi connectivity index (χ2n) is 3.87. The summed E-state index contributed by atoms with van der Waals surface area (Å²) in [5, 5.41) is 0.783. The molecule has 0 aliphatic heterocycles. The normalized spacial score (nSPS) is 10.2. The standard InChI is InChI=1S/C12H9Cl3N4O/c1-6-4-10(17-12(15)16-6)18-19-11(20)7-2-3-8(13)9(14)5-7/h2-5H,1H3,(H,19,20)(H,16,17,18). The van der Waals surface area contributed by atoms with Crippen molar-refractivity contribution in [3.63, 3.8) is 0 Å². The zero-order chi connectivity index (χ0) is 14.7. The van der Waals surface area contributed by atoms with Crippen LogP contribution in [0.5, 0.6) is 0 Å². The average molecular weight is 332 g/mol. The molecule has 0 atom stereocenters. The Morgan fingerprint density at radius 2 is 1.85 bits per heavy atom. The van der Waals surface area contributed by atoms with Gasteiger partial charge < -0.3 is 0 Å². The number of nitrogens with one attached hydrogen (secondary N) is 2. The Kier molecular flexibility index (Phi) is 4.65. The molecule has 0 aliphatic rings. The summed E-state index contributed by atoms with van der Waals surface area (Å²) in [6, 6.07) is 6.22. The van der Waals surface area contributed by atoms with Crippen LogP contribution in [0.15, 0.2) is 24.3 Å². The molecule has 0 saturated carbocycles. The number of aryl methyl sites for hydroxylation is 1. The SMILES string of the molecule is Cc1cc(NNC(=O)c2ccc(Cl)c(Cl)c2)nc(Cl)n1. The number of hydrogen-bond donors (Lipinski definition) is 2. The highest BCUT2D eigenvalue weighted by molar-refractivity contribution is 6.42. The van der Waals surface area contributed by atoms with E-state index in [9.17, 15) is 4.79 Å². The molecule has 0 spiro atoms. The van der Waals surface area contributed by atoms with Gasteiger partial charge in [-0.05, 0) is 36.7 Å². The Hall–Kier alpha value is -1.56. The lowest BCUT2D eigenvalue weighted by Crippen LogP contribution is -2.29. The number of amides is 1. The minimum absolute atomic E-state index is 0.0938. The molecule has 1 aromatic carbocycles. The number of rotatable bonds is 3. The highest BCUT2D eigenvalue weighted by Crippen LogP contribution is 2.22. The Balaban J connectivity index is 2.06. The molecule has 0 aliphatic carbocycles. The third kappa shape index (κ3) is 3.72. The summed E-state index contributed by atoms with van der Waals surface area (Å²) in [5.41, 5.74) is 6.17. The molecule has 0 radical (unpaired) electrons. The highest BCUT2D eigenvalue weighted by atomic mass is 35.5. The van der Waals surface area contributed by atoms with E-state index in [2.05, 4.69) is 20.8 Å². The summed E-state index contributed by atoms with van der Waals surface area (Å²) in [6.07, 6.45) is 0. The van der Waals surface area contributed by atoms with E-state index in [0.29, 0.717) is 27.1 Å². The van der Waals surface area contributed by atoms with Gasteiger partial charge in [0.15, 0.2) is 0 Å². The third-order valence-electron chi connectivity index (χ3n) is 2.31. The first-order valence-corrected chi connectivity index (χ1v) is 6.61. The zero-order valence-electron chi connectivity index (χ0n) is 10.2. The lowest BCUT2D eigenvalue weighted by molar-refractivity contribution is 0.0962. The third-order valence-corrected chi connectivity index (χ3v) is 3.22. The summed E-state index contributed by atoms with van der Waals surface area (Å²) >= 11 is 17.3. The highest BCUT2D eigenvalue weighted by Gasteiger charge is 2.08. The number of aromatic nitrogens is 2. The second-order valence-corrected chi connectivity index (χ2v) is 5.02. The zero-order valence-corrected chi connectivity index (χ0v) is 12.5. The molecule has 1 amide bonds. The van der Waals surface area contributed by atoms with Gasteiger partial charge in [-0.15, -0.1) is 0 Å². The van der Waals surface area contributed by atoms with Crippen molar-refractivity contribution in [2.45, 2.75) is 6.92 Å². The van der Waals surface area contributed by atoms with E-state index in [-0.39, 0.29) is 11.2 Å². The van der Waals surface area contributed by atoms with Crippen LogP contribution in [-0.4, -0.2) is 15.9 Å². The molecule has 0 fully saturated rings. The Bertz CT molecular complexity index is 643. The van der Waals surface area contributed by atoms with Crippen molar-refractivity contribution in [3.8, 4) is 0 Å². The number of hydrazine groups is 1. The van der Waals surface area contributed by atoms with Gasteiger partial charge in [0, 0.05) is 17.3 Å². The lowest BCUT2D eigenvalue weighted by atomic mass is 10.2. The van der Waals surface area contributed by atoms with Crippen molar-refractivity contribution in [1.29, 1.82) is 0 Å². The summed E-state index contributed by atoms with van der Waals surface area (Å²) in [7, 11) is 0. The summed E-state index contributed by atoms with van der Waals surface area (Å²) < 4.78 is 0. The molecular weight excluding hydrogens is 323 g/mol. The molecule has 2 aromatic rings. The summed E-state index contributed by atoms with van der Waals surface area (Å²) in [5.74, 6) is 0.00636. The topological polar surface area (TPSA) is 66.9 Å². The molecule has 1 heterocycles. The lowest BCUT2D eigenvalue weighted by Gasteiger charge is -2.09. The fourth-order valence-electron chi connectivity index (χ4n) is 1.43. The molecule has 20 heavy (non-hydrogen) atoms. The van der Waals surface area contributed by atoms with Crippen molar-refractivity contribution in [2.75, 3.05) is 5.43 Å². The van der Waals surface area contributed by atoms with Crippen LogP contribution in [0.25, 0.3) is 0 Å². The van der Waals surface area contributed by atoms with Crippen LogP contribution in [0.4, 0.5) is 5.82 Å². The Morgan fingerprint density at radius 3 is 2.50 bits per heavy atom. The first-order valence-electron chi connectivity index (χ1n) is 5.48. The molecule has 5 nitrogen and oxygen atoms in total. The van der Waals surface area contributed by atoms with Gasteiger partial charge in [0.05, 0.1) is 10.0 Å². The van der Waals surface area contributed by atoms with Crippen LogP contribution in [-0.2, 0) is 0 Å². The van der Waals surface area contributed by atoms with Gasteiger partial charge in [-0.2, -0.15) is 4.98 Å². The monoisotopic (exact) mass is 330 g/mol. The number of carbonyl (C=O) groups is 1. The minimum atomic E-state index is -0.379. The van der Waals surface area contributed by atoms with Crippen molar-refractivity contribution >= 4 is 46.5 Å². The van der Waals surface area contributed by atoms with Gasteiger partial charge in [0.25, 0.3) is 5.91 Å². The molecule has 2 rings (SSSR count). The van der Waals surface area contributed by atoms with Crippen molar-refractivity contribution in [2.24, 2.45) is 0 Å². The molecule has 1 aromatic heterocycles. The molecule has 2 N–H and O–H groups in total. The van der Waals surface area contributed by atoms with Gasteiger partial charge in [-0.25, -0.2) is 4.98 Å². The second kappa shape index (κ2) is 6.26. The predicted molar refractivity (Wildman–Crippen MR) is 79.3 cm³/mol. The fraction of sp³-hybridized carbons (Fsp3) is 0.0833. The maximum Gasteiger partial charge on any atom is 0.269 e. The molecular formula is C12H9Cl3N4O. The smallest absolute Gasteiger partial charge is 0.269 e. The average Bonchev–Trinajstić information content (AvgIpc) is 2.38. The summed E-state index contributed by atoms with van der Waals surface area (Å²) in [4.78, 5) is 19.7. The van der Waals surface area contributed by atoms with Gasteiger partial charge in [-0.1, -0.05) is 23.2 Å². The van der Waals surface area contributed by atoms with E-state index in [1.54, 1.807) is 25.1 Å². The van der Waals surface area contributed by atoms with E-state index >= 15 is 0 Å². The van der Waals surface area contributed by atoms with Gasteiger partial charge >= 0.3 is 0 Å². The van der Waals surface area contributed by atoms with Crippen LogP contribution in [0.1, 0.15) is 16.1 Å². The minimum Gasteiger partial charge on any atom is -0.281 e. The van der Waals surface area contributed by atoms with Crippen LogP contribution >= 0.6 is 34.8 Å². The molecule has 0 unspecified atom stereocenters. The molecule has 8 heteroatoms. The Morgan fingerprint density at radius 1 is 1.10 bits per heavy atom. The van der Waals surface area contributed by atoms with Crippen LogP contribution in [0.2, 0.25) is 15.3 Å². The number of carbonyl (C=O) groups excluding carboxylic acids is 1. The largest absolute Gasteiger partial charge is 0.281 e. The number of anilines is 1. The maximum atomic E-state index is 11.9. The van der Waals surface area contributed by atoms with E-state index < -0.39 is 0 Å².